The van der Waals surface area contributed by atoms with E-state index < -0.39 is 5.91 Å². The number of amides is 2. The highest BCUT2D eigenvalue weighted by atomic mass is 127. The largest absolute Gasteiger partial charge is 0.493 e. The summed E-state index contributed by atoms with van der Waals surface area (Å²) >= 11 is 7.91. The highest BCUT2D eigenvalue weighted by molar-refractivity contribution is 14.1. The lowest BCUT2D eigenvalue weighted by Crippen LogP contribution is -2.20. The minimum absolute atomic E-state index is 0.0935. The maximum atomic E-state index is 12.6. The molecule has 0 saturated carbocycles. The number of carbonyl (C=O) groups is 2. The molecule has 7 nitrogen and oxygen atoms in total. The lowest BCUT2D eigenvalue weighted by atomic mass is 10.1. The molecular formula is C26H21ClIN3O4. The third-order valence-electron chi connectivity index (χ3n) is 4.68. The van der Waals surface area contributed by atoms with E-state index in [0.29, 0.717) is 37.0 Å². The van der Waals surface area contributed by atoms with Crippen LogP contribution in [-0.4, -0.2) is 25.5 Å². The lowest BCUT2D eigenvalue weighted by Gasteiger charge is -2.14. The molecule has 0 aromatic heterocycles. The first kappa shape index (κ1) is 26.1. The van der Waals surface area contributed by atoms with Crippen molar-refractivity contribution in [1.82, 2.24) is 0 Å². The zero-order valence-electron chi connectivity index (χ0n) is 18.9. The highest BCUT2D eigenvalue weighted by Crippen LogP contribution is 2.34. The van der Waals surface area contributed by atoms with E-state index in [0.717, 1.165) is 5.56 Å². The molecule has 2 N–H and O–H groups in total. The Labute approximate surface area is 221 Å². The van der Waals surface area contributed by atoms with Crippen molar-refractivity contribution in [3.63, 3.8) is 0 Å². The number of methoxy groups -OCH3 is 1. The van der Waals surface area contributed by atoms with Crippen LogP contribution in [0, 0.1) is 21.8 Å². The van der Waals surface area contributed by atoms with Crippen molar-refractivity contribution in [1.29, 1.82) is 5.26 Å². The lowest BCUT2D eigenvalue weighted by molar-refractivity contribution is -0.118. The van der Waals surface area contributed by atoms with Crippen molar-refractivity contribution in [2.24, 2.45) is 0 Å². The molecule has 3 aromatic carbocycles. The standard InChI is InChI=1S/C26H21ClIN3O4/c1-16-4-3-5-21(10-16)30-24(32)15-35-25-22(28)12-17(13-23(25)34-2)11-18(14-29)26(33)31-20-8-6-19(27)7-9-20/h3-13H,15H2,1-2H3,(H,30,32)(H,31,33)/b18-11+. The predicted octanol–water partition coefficient (Wildman–Crippen LogP) is 5.82. The summed E-state index contributed by atoms with van der Waals surface area (Å²) in [5.41, 5.74) is 2.69. The summed E-state index contributed by atoms with van der Waals surface area (Å²) in [6.07, 6.45) is 1.45. The van der Waals surface area contributed by atoms with Gasteiger partial charge in [0.15, 0.2) is 18.1 Å². The number of rotatable bonds is 8. The van der Waals surface area contributed by atoms with Gasteiger partial charge in [-0.1, -0.05) is 23.7 Å². The first-order valence-electron chi connectivity index (χ1n) is 10.3. The summed E-state index contributed by atoms with van der Waals surface area (Å²) < 4.78 is 11.8. The molecule has 0 heterocycles. The van der Waals surface area contributed by atoms with Gasteiger partial charge in [0.2, 0.25) is 0 Å². The van der Waals surface area contributed by atoms with Gasteiger partial charge in [-0.05, 0) is 95.2 Å². The van der Waals surface area contributed by atoms with Gasteiger partial charge in [-0.25, -0.2) is 0 Å². The zero-order chi connectivity index (χ0) is 25.4. The van der Waals surface area contributed by atoms with Crippen LogP contribution in [0.4, 0.5) is 11.4 Å². The monoisotopic (exact) mass is 601 g/mol. The number of ether oxygens (including phenoxy) is 2. The van der Waals surface area contributed by atoms with Crippen molar-refractivity contribution in [3.05, 3.63) is 86.0 Å². The maximum Gasteiger partial charge on any atom is 0.266 e. The minimum atomic E-state index is -0.558. The molecule has 0 radical (unpaired) electrons. The molecule has 0 aliphatic carbocycles. The topological polar surface area (TPSA) is 100 Å². The highest BCUT2D eigenvalue weighted by Gasteiger charge is 2.15. The molecule has 0 fully saturated rings. The van der Waals surface area contributed by atoms with E-state index in [9.17, 15) is 14.9 Å². The van der Waals surface area contributed by atoms with Crippen LogP contribution in [0.1, 0.15) is 11.1 Å². The number of aryl methyl sites for hydroxylation is 1. The molecule has 9 heteroatoms. The third-order valence-corrected chi connectivity index (χ3v) is 5.73. The number of hydrogen-bond donors (Lipinski definition) is 2. The van der Waals surface area contributed by atoms with Crippen molar-refractivity contribution in [2.45, 2.75) is 6.92 Å². The molecule has 0 spiro atoms. The summed E-state index contributed by atoms with van der Waals surface area (Å²) in [6.45, 7) is 1.72. The van der Waals surface area contributed by atoms with Gasteiger partial charge in [-0.3, -0.25) is 9.59 Å². The van der Waals surface area contributed by atoms with E-state index in [1.54, 1.807) is 42.5 Å². The Balaban J connectivity index is 1.73. The second-order valence-electron chi connectivity index (χ2n) is 7.37. The fourth-order valence-corrected chi connectivity index (χ4v) is 3.97. The van der Waals surface area contributed by atoms with E-state index >= 15 is 0 Å². The minimum Gasteiger partial charge on any atom is -0.493 e. The Morgan fingerprint density at radius 2 is 1.83 bits per heavy atom. The molecule has 0 unspecified atom stereocenters. The van der Waals surface area contributed by atoms with Gasteiger partial charge in [0.1, 0.15) is 11.6 Å². The van der Waals surface area contributed by atoms with Gasteiger partial charge in [0, 0.05) is 16.4 Å². The second-order valence-corrected chi connectivity index (χ2v) is 8.97. The number of nitrogens with zero attached hydrogens (tertiary/aromatic N) is 1. The van der Waals surface area contributed by atoms with Crippen LogP contribution in [0.25, 0.3) is 6.08 Å². The quantitative estimate of drug-likeness (QED) is 0.192. The van der Waals surface area contributed by atoms with Crippen LogP contribution in [0.5, 0.6) is 11.5 Å². The normalized spacial score (nSPS) is 10.8. The van der Waals surface area contributed by atoms with Crippen LogP contribution >= 0.6 is 34.2 Å². The van der Waals surface area contributed by atoms with Gasteiger partial charge < -0.3 is 20.1 Å². The van der Waals surface area contributed by atoms with Crippen molar-refractivity contribution in [3.8, 4) is 17.6 Å². The fourth-order valence-electron chi connectivity index (χ4n) is 3.07. The van der Waals surface area contributed by atoms with Crippen LogP contribution in [-0.2, 0) is 9.59 Å². The summed E-state index contributed by atoms with van der Waals surface area (Å²) in [4.78, 5) is 24.9. The first-order chi connectivity index (χ1) is 16.8. The molecule has 3 aromatic rings. The van der Waals surface area contributed by atoms with Gasteiger partial charge in [0.25, 0.3) is 11.8 Å². The van der Waals surface area contributed by atoms with Crippen molar-refractivity contribution in [2.75, 3.05) is 24.4 Å². The Kier molecular flexibility index (Phi) is 9.11. The van der Waals surface area contributed by atoms with Gasteiger partial charge >= 0.3 is 0 Å². The number of benzene rings is 3. The van der Waals surface area contributed by atoms with E-state index in [1.807, 2.05) is 53.8 Å². The second kappa shape index (κ2) is 12.2. The third kappa shape index (κ3) is 7.47. The average molecular weight is 602 g/mol. The Morgan fingerprint density at radius 3 is 2.49 bits per heavy atom. The number of hydrogen-bond acceptors (Lipinski definition) is 5. The van der Waals surface area contributed by atoms with Crippen LogP contribution in [0.2, 0.25) is 5.02 Å². The molecule has 0 atom stereocenters. The van der Waals surface area contributed by atoms with Gasteiger partial charge in [0.05, 0.1) is 10.7 Å². The number of halogens is 2. The van der Waals surface area contributed by atoms with Crippen LogP contribution in [0.3, 0.4) is 0 Å². The number of nitriles is 1. The zero-order valence-corrected chi connectivity index (χ0v) is 21.8. The molecule has 3 rings (SSSR count). The number of anilines is 2. The van der Waals surface area contributed by atoms with E-state index in [1.165, 1.54) is 13.2 Å². The molecule has 0 aliphatic rings. The number of nitrogens with one attached hydrogen (secondary N) is 2. The Bertz CT molecular complexity index is 1320. The molecule has 178 valence electrons. The summed E-state index contributed by atoms with van der Waals surface area (Å²) in [6, 6.07) is 19.3. The predicted molar refractivity (Wildman–Crippen MR) is 145 cm³/mol. The van der Waals surface area contributed by atoms with Crippen LogP contribution < -0.4 is 20.1 Å². The van der Waals surface area contributed by atoms with E-state index in [-0.39, 0.29) is 18.1 Å². The van der Waals surface area contributed by atoms with Crippen molar-refractivity contribution >= 4 is 63.5 Å². The molecule has 0 saturated heterocycles. The van der Waals surface area contributed by atoms with E-state index in [4.69, 9.17) is 21.1 Å². The first-order valence-corrected chi connectivity index (χ1v) is 11.8. The molecular weight excluding hydrogens is 581 g/mol. The smallest absolute Gasteiger partial charge is 0.266 e. The summed E-state index contributed by atoms with van der Waals surface area (Å²) in [5, 5.41) is 15.5. The maximum absolute atomic E-state index is 12.6. The Hall–Kier alpha value is -3.55. The molecule has 2 amide bonds. The fraction of sp³-hybridized carbons (Fsp3) is 0.115. The Morgan fingerprint density at radius 1 is 1.09 bits per heavy atom. The van der Waals surface area contributed by atoms with Crippen LogP contribution in [0.15, 0.2) is 66.2 Å². The molecule has 0 aliphatic heterocycles. The summed E-state index contributed by atoms with van der Waals surface area (Å²) in [7, 11) is 1.47. The van der Waals surface area contributed by atoms with Gasteiger partial charge in [-0.15, -0.1) is 0 Å². The van der Waals surface area contributed by atoms with Gasteiger partial charge in [-0.2, -0.15) is 5.26 Å². The average Bonchev–Trinajstić information content (AvgIpc) is 2.82. The molecule has 0 bridgehead atoms. The summed E-state index contributed by atoms with van der Waals surface area (Å²) in [5.74, 6) is -0.129. The van der Waals surface area contributed by atoms with E-state index in [2.05, 4.69) is 10.6 Å². The molecule has 35 heavy (non-hydrogen) atoms. The number of carbonyl (C=O) groups excluding carboxylic acids is 2. The SMILES string of the molecule is COc1cc(/C=C(\C#N)C(=O)Nc2ccc(Cl)cc2)cc(I)c1OCC(=O)Nc1cccc(C)c1. The van der Waals surface area contributed by atoms with Crippen molar-refractivity contribution < 1.29 is 19.1 Å².